The van der Waals surface area contributed by atoms with Crippen molar-refractivity contribution in [1.29, 1.82) is 0 Å². The first-order valence-corrected chi connectivity index (χ1v) is 12.6. The summed E-state index contributed by atoms with van der Waals surface area (Å²) >= 11 is 6.76. The van der Waals surface area contributed by atoms with Crippen LogP contribution in [0.5, 0.6) is 0 Å². The first-order valence-electron chi connectivity index (χ1n) is 11.4. The summed E-state index contributed by atoms with van der Waals surface area (Å²) in [7, 11) is 0. The summed E-state index contributed by atoms with van der Waals surface area (Å²) in [5.74, 6) is 1.58. The number of thioether (sulfide) groups is 1. The number of fused-ring (bicyclic) bond motifs is 1. The van der Waals surface area contributed by atoms with Crippen LogP contribution >= 0.6 is 24.0 Å². The predicted molar refractivity (Wildman–Crippen MR) is 136 cm³/mol. The molecule has 4 rings (SSSR count). The highest BCUT2D eigenvalue weighted by Gasteiger charge is 2.33. The summed E-state index contributed by atoms with van der Waals surface area (Å²) in [6.07, 6.45) is 7.66. The number of hydrogen-bond acceptors (Lipinski definition) is 6. The molecule has 0 unspecified atom stereocenters. The summed E-state index contributed by atoms with van der Waals surface area (Å²) in [5, 5.41) is 0. The molecular formula is C24H30N4O2S2. The third kappa shape index (κ3) is 4.62. The fraction of sp³-hybridized carbons (Fsp3) is 0.500. The average Bonchev–Trinajstić information content (AvgIpc) is 3.02. The standard InChI is InChI=1S/C24H30N4O2S2/c1-4-5-7-11-28-23(30)19(32-24(28)31)13-18-21(26-14-16(2)12-17(3)15-26)25-20-9-6-8-10-27(20)22(18)29/h6,8-10,13,16-17H,4-5,7,11-12,14-15H2,1-3H3/b19-13+/t16-,17-/m1/s1. The number of hydrogen-bond donors (Lipinski definition) is 0. The number of rotatable bonds is 6. The fourth-order valence-electron chi connectivity index (χ4n) is 4.64. The van der Waals surface area contributed by atoms with Crippen LogP contribution in [0.15, 0.2) is 34.1 Å². The van der Waals surface area contributed by atoms with Gasteiger partial charge in [0, 0.05) is 25.8 Å². The number of pyridine rings is 1. The highest BCUT2D eigenvalue weighted by atomic mass is 32.2. The van der Waals surface area contributed by atoms with E-state index < -0.39 is 0 Å². The molecule has 2 aliphatic rings. The zero-order valence-corrected chi connectivity index (χ0v) is 20.5. The van der Waals surface area contributed by atoms with Gasteiger partial charge in [-0.3, -0.25) is 18.9 Å². The van der Waals surface area contributed by atoms with Gasteiger partial charge in [-0.15, -0.1) is 0 Å². The second-order valence-electron chi connectivity index (χ2n) is 8.97. The van der Waals surface area contributed by atoms with Crippen LogP contribution in [-0.2, 0) is 4.79 Å². The number of nitrogens with zero attached hydrogens (tertiary/aromatic N) is 4. The Morgan fingerprint density at radius 2 is 1.94 bits per heavy atom. The monoisotopic (exact) mass is 470 g/mol. The average molecular weight is 471 g/mol. The summed E-state index contributed by atoms with van der Waals surface area (Å²) in [5.41, 5.74) is 0.916. The largest absolute Gasteiger partial charge is 0.355 e. The normalized spacial score (nSPS) is 23.0. The SMILES string of the molecule is CCCCCN1C(=O)/C(=C\c2c(N3C[C@H](C)C[C@@H](C)C3)nc3ccccn3c2=O)SC1=S. The van der Waals surface area contributed by atoms with Crippen molar-refractivity contribution in [3.63, 3.8) is 0 Å². The van der Waals surface area contributed by atoms with Crippen molar-refractivity contribution in [2.24, 2.45) is 11.8 Å². The maximum atomic E-state index is 13.5. The Kier molecular flexibility index (Phi) is 7.00. The molecular weight excluding hydrogens is 440 g/mol. The van der Waals surface area contributed by atoms with Crippen molar-refractivity contribution in [2.75, 3.05) is 24.5 Å². The van der Waals surface area contributed by atoms with E-state index >= 15 is 0 Å². The second kappa shape index (κ2) is 9.75. The van der Waals surface area contributed by atoms with E-state index in [1.165, 1.54) is 11.8 Å². The van der Waals surface area contributed by atoms with Crippen molar-refractivity contribution in [3.05, 3.63) is 45.2 Å². The molecule has 0 radical (unpaired) electrons. The van der Waals surface area contributed by atoms with Crippen LogP contribution in [0.4, 0.5) is 5.82 Å². The van der Waals surface area contributed by atoms with Gasteiger partial charge in [-0.2, -0.15) is 0 Å². The molecule has 2 aromatic heterocycles. The molecule has 0 bridgehead atoms. The van der Waals surface area contributed by atoms with Gasteiger partial charge in [-0.1, -0.05) is 63.7 Å². The van der Waals surface area contributed by atoms with Crippen molar-refractivity contribution in [2.45, 2.75) is 46.5 Å². The number of piperidine rings is 1. The molecule has 0 N–H and O–H groups in total. The van der Waals surface area contributed by atoms with E-state index in [9.17, 15) is 9.59 Å². The molecule has 0 spiro atoms. The molecule has 2 aliphatic heterocycles. The molecule has 2 saturated heterocycles. The highest BCUT2D eigenvalue weighted by molar-refractivity contribution is 8.26. The first-order chi connectivity index (χ1) is 15.4. The van der Waals surface area contributed by atoms with Crippen LogP contribution in [0, 0.1) is 11.8 Å². The highest BCUT2D eigenvalue weighted by Crippen LogP contribution is 2.34. The Bertz CT molecular complexity index is 1120. The number of carbonyl (C=O) groups is 1. The van der Waals surface area contributed by atoms with Gasteiger partial charge in [0.25, 0.3) is 11.5 Å². The Morgan fingerprint density at radius 3 is 2.66 bits per heavy atom. The van der Waals surface area contributed by atoms with Gasteiger partial charge in [-0.25, -0.2) is 4.98 Å². The van der Waals surface area contributed by atoms with E-state index in [1.54, 1.807) is 21.6 Å². The maximum Gasteiger partial charge on any atom is 0.267 e. The number of aromatic nitrogens is 2. The van der Waals surface area contributed by atoms with Gasteiger partial charge in [0.05, 0.1) is 10.5 Å². The number of carbonyl (C=O) groups excluding carboxylic acids is 1. The molecule has 0 saturated carbocycles. The third-order valence-electron chi connectivity index (χ3n) is 6.05. The molecule has 2 aromatic rings. The molecule has 8 heteroatoms. The van der Waals surface area contributed by atoms with Crippen LogP contribution in [0.3, 0.4) is 0 Å². The van der Waals surface area contributed by atoms with Gasteiger partial charge < -0.3 is 4.90 Å². The van der Waals surface area contributed by atoms with E-state index in [0.717, 1.165) is 38.8 Å². The third-order valence-corrected chi connectivity index (χ3v) is 7.43. The van der Waals surface area contributed by atoms with Crippen molar-refractivity contribution in [1.82, 2.24) is 14.3 Å². The number of amides is 1. The number of unbranched alkanes of at least 4 members (excludes halogenated alkanes) is 2. The van der Waals surface area contributed by atoms with Crippen molar-refractivity contribution in [3.8, 4) is 0 Å². The molecule has 1 amide bonds. The maximum absolute atomic E-state index is 13.5. The van der Waals surface area contributed by atoms with Crippen LogP contribution in [0.1, 0.15) is 52.0 Å². The van der Waals surface area contributed by atoms with Gasteiger partial charge in [-0.05, 0) is 42.9 Å². The fourth-order valence-corrected chi connectivity index (χ4v) is 5.93. The molecule has 2 atom stereocenters. The lowest BCUT2D eigenvalue weighted by molar-refractivity contribution is -0.122. The lowest BCUT2D eigenvalue weighted by Gasteiger charge is -2.36. The Morgan fingerprint density at radius 1 is 1.19 bits per heavy atom. The Balaban J connectivity index is 1.77. The number of anilines is 1. The summed E-state index contributed by atoms with van der Waals surface area (Å²) < 4.78 is 2.11. The van der Waals surface area contributed by atoms with E-state index in [2.05, 4.69) is 25.7 Å². The summed E-state index contributed by atoms with van der Waals surface area (Å²) in [6, 6.07) is 5.55. The van der Waals surface area contributed by atoms with E-state index in [1.807, 2.05) is 18.2 Å². The lowest BCUT2D eigenvalue weighted by Crippen LogP contribution is -2.40. The van der Waals surface area contributed by atoms with Crippen LogP contribution < -0.4 is 10.5 Å². The minimum absolute atomic E-state index is 0.111. The van der Waals surface area contributed by atoms with E-state index in [0.29, 0.717) is 44.6 Å². The molecule has 6 nitrogen and oxygen atoms in total. The molecule has 4 heterocycles. The first kappa shape index (κ1) is 23.0. The van der Waals surface area contributed by atoms with Crippen molar-refractivity contribution < 1.29 is 4.79 Å². The lowest BCUT2D eigenvalue weighted by atomic mass is 9.91. The zero-order chi connectivity index (χ0) is 22.8. The van der Waals surface area contributed by atoms with Gasteiger partial charge in [0.1, 0.15) is 15.8 Å². The minimum Gasteiger partial charge on any atom is -0.355 e. The Labute approximate surface area is 198 Å². The number of thiocarbonyl (C=S) groups is 1. The van der Waals surface area contributed by atoms with E-state index in [4.69, 9.17) is 17.2 Å². The zero-order valence-electron chi connectivity index (χ0n) is 18.9. The Hall–Kier alpha value is -2.19. The van der Waals surface area contributed by atoms with Crippen LogP contribution in [0.2, 0.25) is 0 Å². The molecule has 32 heavy (non-hydrogen) atoms. The van der Waals surface area contributed by atoms with Gasteiger partial charge >= 0.3 is 0 Å². The smallest absolute Gasteiger partial charge is 0.267 e. The topological polar surface area (TPSA) is 57.9 Å². The quantitative estimate of drug-likeness (QED) is 0.350. The van der Waals surface area contributed by atoms with Gasteiger partial charge in [0.15, 0.2) is 0 Å². The second-order valence-corrected chi connectivity index (χ2v) is 10.7. The molecule has 2 fully saturated rings. The van der Waals surface area contributed by atoms with Crippen molar-refractivity contribution >= 4 is 51.7 Å². The minimum atomic E-state index is -0.160. The van der Waals surface area contributed by atoms with Crippen LogP contribution in [-0.4, -0.2) is 44.1 Å². The van der Waals surface area contributed by atoms with E-state index in [-0.39, 0.29) is 11.5 Å². The molecule has 0 aliphatic carbocycles. The molecule has 0 aromatic carbocycles. The summed E-state index contributed by atoms with van der Waals surface area (Å²) in [4.78, 5) is 35.8. The predicted octanol–water partition coefficient (Wildman–Crippen LogP) is 4.57. The molecule has 170 valence electrons. The van der Waals surface area contributed by atoms with Gasteiger partial charge in [0.2, 0.25) is 0 Å². The summed E-state index contributed by atoms with van der Waals surface area (Å²) in [6.45, 7) is 8.92. The van der Waals surface area contributed by atoms with Crippen LogP contribution in [0.25, 0.3) is 11.7 Å².